The smallest absolute Gasteiger partial charge is 0.251 e. The molecule has 4 atom stereocenters. The summed E-state index contributed by atoms with van der Waals surface area (Å²) in [5.74, 6) is -0.0228. The fourth-order valence-corrected chi connectivity index (χ4v) is 3.24. The standard InChI is InChI=1S/C18H21N7O4/c1-20-17(28)14-12(26)13(27)18(29-14)25-8-24-11-15(22-7-23-16(11)25)21-6-9-2-4-10(19)5-3-9/h2-5,7-8,12-14,18,26-27H,6,19H2,1H3,(H,20,28)(H,21,22,23)/t12-,13+,14?,18?/m0/s1. The van der Waals surface area contributed by atoms with E-state index in [9.17, 15) is 15.0 Å². The lowest BCUT2D eigenvalue weighted by molar-refractivity contribution is -0.137. The Morgan fingerprint density at radius 2 is 1.97 bits per heavy atom. The second kappa shape index (κ2) is 7.62. The van der Waals surface area contributed by atoms with E-state index in [1.165, 1.54) is 24.3 Å². The molecule has 11 nitrogen and oxygen atoms in total. The molecule has 3 aromatic rings. The number of carbonyl (C=O) groups excluding carboxylic acids is 1. The van der Waals surface area contributed by atoms with Crippen LogP contribution in [0.3, 0.4) is 0 Å². The van der Waals surface area contributed by atoms with E-state index in [4.69, 9.17) is 10.5 Å². The summed E-state index contributed by atoms with van der Waals surface area (Å²) in [4.78, 5) is 24.6. The van der Waals surface area contributed by atoms with Crippen molar-refractivity contribution in [2.24, 2.45) is 0 Å². The first-order valence-corrected chi connectivity index (χ1v) is 8.98. The van der Waals surface area contributed by atoms with E-state index in [0.29, 0.717) is 29.2 Å². The molecule has 2 aromatic heterocycles. The van der Waals surface area contributed by atoms with Crippen LogP contribution in [0, 0.1) is 0 Å². The molecule has 0 aliphatic carbocycles. The van der Waals surface area contributed by atoms with Crippen molar-refractivity contribution in [3.8, 4) is 0 Å². The van der Waals surface area contributed by atoms with Gasteiger partial charge in [-0.25, -0.2) is 15.0 Å². The lowest BCUT2D eigenvalue weighted by Gasteiger charge is -2.16. The van der Waals surface area contributed by atoms with Gasteiger partial charge in [0.15, 0.2) is 29.3 Å². The van der Waals surface area contributed by atoms with Gasteiger partial charge in [0.25, 0.3) is 5.91 Å². The van der Waals surface area contributed by atoms with Crippen LogP contribution in [-0.4, -0.2) is 61.0 Å². The molecule has 1 saturated heterocycles. The summed E-state index contributed by atoms with van der Waals surface area (Å²) < 4.78 is 7.06. The van der Waals surface area contributed by atoms with Crippen LogP contribution in [0.1, 0.15) is 11.8 Å². The molecule has 0 radical (unpaired) electrons. The maximum Gasteiger partial charge on any atom is 0.251 e. The Morgan fingerprint density at radius 3 is 2.69 bits per heavy atom. The van der Waals surface area contributed by atoms with E-state index in [-0.39, 0.29) is 0 Å². The lowest BCUT2D eigenvalue weighted by atomic mass is 10.1. The second-order valence-corrected chi connectivity index (χ2v) is 6.68. The van der Waals surface area contributed by atoms with Crippen LogP contribution in [0.25, 0.3) is 11.2 Å². The minimum Gasteiger partial charge on any atom is -0.399 e. The van der Waals surface area contributed by atoms with Gasteiger partial charge in [-0.05, 0) is 17.7 Å². The number of benzene rings is 1. The van der Waals surface area contributed by atoms with Crippen LogP contribution < -0.4 is 16.4 Å². The summed E-state index contributed by atoms with van der Waals surface area (Å²) in [5.41, 5.74) is 8.26. The number of ether oxygens (including phenoxy) is 1. The van der Waals surface area contributed by atoms with E-state index < -0.39 is 30.4 Å². The molecule has 1 aromatic carbocycles. The Hall–Kier alpha value is -3.28. The van der Waals surface area contributed by atoms with Gasteiger partial charge >= 0.3 is 0 Å². The van der Waals surface area contributed by atoms with E-state index in [1.54, 1.807) is 0 Å². The number of anilines is 2. The Bertz CT molecular complexity index is 1020. The average Bonchev–Trinajstić information content (AvgIpc) is 3.29. The van der Waals surface area contributed by atoms with Crippen LogP contribution in [0.15, 0.2) is 36.9 Å². The number of nitrogen functional groups attached to an aromatic ring is 1. The second-order valence-electron chi connectivity index (χ2n) is 6.68. The average molecular weight is 399 g/mol. The number of nitrogens with one attached hydrogen (secondary N) is 2. The largest absolute Gasteiger partial charge is 0.399 e. The van der Waals surface area contributed by atoms with Gasteiger partial charge in [0, 0.05) is 19.3 Å². The van der Waals surface area contributed by atoms with E-state index in [0.717, 1.165) is 5.56 Å². The maximum atomic E-state index is 11.9. The Balaban J connectivity index is 1.59. The number of carbonyl (C=O) groups is 1. The molecule has 152 valence electrons. The van der Waals surface area contributed by atoms with Gasteiger partial charge in [0.2, 0.25) is 0 Å². The molecule has 3 heterocycles. The van der Waals surface area contributed by atoms with Gasteiger partial charge in [-0.3, -0.25) is 9.36 Å². The van der Waals surface area contributed by atoms with Gasteiger partial charge in [-0.15, -0.1) is 0 Å². The molecule has 1 amide bonds. The van der Waals surface area contributed by atoms with E-state index in [2.05, 4.69) is 25.6 Å². The molecule has 0 saturated carbocycles. The zero-order valence-electron chi connectivity index (χ0n) is 15.6. The summed E-state index contributed by atoms with van der Waals surface area (Å²) in [6.45, 7) is 0.499. The van der Waals surface area contributed by atoms with Crippen LogP contribution in [0.4, 0.5) is 11.5 Å². The molecule has 2 unspecified atom stereocenters. The molecular weight excluding hydrogens is 378 g/mol. The van der Waals surface area contributed by atoms with Crippen LogP contribution in [0.5, 0.6) is 0 Å². The van der Waals surface area contributed by atoms with Crippen molar-refractivity contribution in [3.63, 3.8) is 0 Å². The number of imidazole rings is 1. The highest BCUT2D eigenvalue weighted by Crippen LogP contribution is 2.32. The molecular formula is C18H21N7O4. The number of hydrogen-bond acceptors (Lipinski definition) is 9. The molecule has 11 heteroatoms. The Kier molecular flexibility index (Phi) is 5.01. The SMILES string of the molecule is CNC(=O)C1OC(n2cnc3c(NCc4ccc(N)cc4)ncnc32)[C@H](O)[C@@H]1O. The normalized spacial score (nSPS) is 24.0. The monoisotopic (exact) mass is 399 g/mol. The first-order chi connectivity index (χ1) is 14.0. The van der Waals surface area contributed by atoms with Crippen molar-refractivity contribution in [2.45, 2.75) is 31.1 Å². The number of nitrogens with two attached hydrogens (primary N) is 1. The summed E-state index contributed by atoms with van der Waals surface area (Å²) in [7, 11) is 1.43. The molecule has 4 rings (SSSR count). The van der Waals surface area contributed by atoms with Gasteiger partial charge in [-0.1, -0.05) is 12.1 Å². The summed E-state index contributed by atoms with van der Waals surface area (Å²) in [6, 6.07) is 7.44. The Morgan fingerprint density at radius 1 is 1.21 bits per heavy atom. The molecule has 1 fully saturated rings. The maximum absolute atomic E-state index is 11.9. The first-order valence-electron chi connectivity index (χ1n) is 8.98. The number of fused-ring (bicyclic) bond motifs is 1. The van der Waals surface area contributed by atoms with Crippen molar-refractivity contribution in [1.29, 1.82) is 0 Å². The van der Waals surface area contributed by atoms with Gasteiger partial charge < -0.3 is 31.3 Å². The minimum atomic E-state index is -1.37. The minimum absolute atomic E-state index is 0.397. The summed E-state index contributed by atoms with van der Waals surface area (Å²) in [5, 5.41) is 26.1. The van der Waals surface area contributed by atoms with Crippen molar-refractivity contribution < 1.29 is 19.7 Å². The highest BCUT2D eigenvalue weighted by atomic mass is 16.6. The third kappa shape index (κ3) is 3.46. The topological polar surface area (TPSA) is 160 Å². The van der Waals surface area contributed by atoms with Gasteiger partial charge in [0.1, 0.15) is 18.5 Å². The fraction of sp³-hybridized carbons (Fsp3) is 0.333. The van der Waals surface area contributed by atoms with Crippen LogP contribution >= 0.6 is 0 Å². The van der Waals surface area contributed by atoms with Crippen molar-refractivity contribution in [2.75, 3.05) is 18.1 Å². The Labute approximate surface area is 165 Å². The molecule has 1 aliphatic heterocycles. The predicted octanol–water partition coefficient (Wildman–Crippen LogP) is -0.614. The number of amides is 1. The van der Waals surface area contributed by atoms with Gasteiger partial charge in [0.05, 0.1) is 6.33 Å². The molecule has 0 spiro atoms. The van der Waals surface area contributed by atoms with E-state index in [1.807, 2.05) is 24.3 Å². The highest BCUT2D eigenvalue weighted by Gasteiger charge is 2.47. The highest BCUT2D eigenvalue weighted by molar-refractivity contribution is 5.83. The number of rotatable bonds is 5. The van der Waals surface area contributed by atoms with Crippen molar-refractivity contribution >= 4 is 28.6 Å². The van der Waals surface area contributed by atoms with E-state index >= 15 is 0 Å². The predicted molar refractivity (Wildman–Crippen MR) is 103 cm³/mol. The number of hydrogen-bond donors (Lipinski definition) is 5. The third-order valence-electron chi connectivity index (χ3n) is 4.82. The van der Waals surface area contributed by atoms with Crippen LogP contribution in [0.2, 0.25) is 0 Å². The molecule has 6 N–H and O–H groups in total. The number of aliphatic hydroxyl groups is 2. The van der Waals surface area contributed by atoms with Gasteiger partial charge in [-0.2, -0.15) is 0 Å². The lowest BCUT2D eigenvalue weighted by Crippen LogP contribution is -2.41. The zero-order valence-corrected chi connectivity index (χ0v) is 15.6. The van der Waals surface area contributed by atoms with Crippen molar-refractivity contribution in [3.05, 3.63) is 42.5 Å². The van der Waals surface area contributed by atoms with Crippen LogP contribution in [-0.2, 0) is 16.1 Å². The number of aliphatic hydroxyl groups excluding tert-OH is 2. The molecule has 1 aliphatic rings. The zero-order chi connectivity index (χ0) is 20.5. The number of nitrogens with zero attached hydrogens (tertiary/aromatic N) is 4. The third-order valence-corrected chi connectivity index (χ3v) is 4.82. The fourth-order valence-electron chi connectivity index (χ4n) is 3.24. The summed E-state index contributed by atoms with van der Waals surface area (Å²) >= 11 is 0. The summed E-state index contributed by atoms with van der Waals surface area (Å²) in [6.07, 6.45) is -2.11. The number of likely N-dealkylation sites (N-methyl/N-ethyl adjacent to an activating group) is 1. The molecule has 0 bridgehead atoms. The number of aromatic nitrogens is 4. The first kappa shape index (κ1) is 19.1. The molecule has 29 heavy (non-hydrogen) atoms. The van der Waals surface area contributed by atoms with Crippen molar-refractivity contribution in [1.82, 2.24) is 24.8 Å². The quantitative estimate of drug-likeness (QED) is 0.352.